The van der Waals surface area contributed by atoms with Crippen molar-refractivity contribution in [1.29, 1.82) is 0 Å². The lowest BCUT2D eigenvalue weighted by molar-refractivity contribution is 1.12. The molecule has 20 heavy (non-hydrogen) atoms. The van der Waals surface area contributed by atoms with E-state index in [1.807, 2.05) is 67.6 Å². The Labute approximate surface area is 118 Å². The first-order chi connectivity index (χ1) is 9.75. The van der Waals surface area contributed by atoms with Crippen LogP contribution in [-0.4, -0.2) is 9.97 Å². The molecule has 1 heterocycles. The standard InChI is InChI=1S/C17H15N3/c1-12-15(13-8-4-2-5-9-13)16(18)20-17(19-12)14-10-6-3-7-11-14/h2-11H,1H3,(H2,18,19,20). The molecule has 0 saturated heterocycles. The normalized spacial score (nSPS) is 10.4. The first kappa shape index (κ1) is 12.4. The minimum atomic E-state index is 0.516. The number of hydrogen-bond acceptors (Lipinski definition) is 3. The highest BCUT2D eigenvalue weighted by atomic mass is 15.0. The van der Waals surface area contributed by atoms with Gasteiger partial charge in [0, 0.05) is 11.1 Å². The van der Waals surface area contributed by atoms with E-state index in [1.54, 1.807) is 0 Å². The largest absolute Gasteiger partial charge is 0.383 e. The summed E-state index contributed by atoms with van der Waals surface area (Å²) < 4.78 is 0. The second-order valence-corrected chi connectivity index (χ2v) is 4.62. The highest BCUT2D eigenvalue weighted by Crippen LogP contribution is 2.29. The Morgan fingerprint density at radius 1 is 0.750 bits per heavy atom. The van der Waals surface area contributed by atoms with E-state index in [4.69, 9.17) is 5.73 Å². The molecule has 3 aromatic rings. The van der Waals surface area contributed by atoms with E-state index in [2.05, 4.69) is 9.97 Å². The van der Waals surface area contributed by atoms with Crippen LogP contribution in [0.3, 0.4) is 0 Å². The van der Waals surface area contributed by atoms with Crippen molar-refractivity contribution >= 4 is 5.82 Å². The molecule has 0 saturated carbocycles. The number of hydrogen-bond donors (Lipinski definition) is 1. The summed E-state index contributed by atoms with van der Waals surface area (Å²) in [5.41, 5.74) is 9.96. The third-order valence-corrected chi connectivity index (χ3v) is 3.21. The van der Waals surface area contributed by atoms with E-state index in [1.165, 1.54) is 0 Å². The zero-order valence-corrected chi connectivity index (χ0v) is 11.2. The molecule has 0 bridgehead atoms. The van der Waals surface area contributed by atoms with Crippen LogP contribution < -0.4 is 5.73 Å². The SMILES string of the molecule is Cc1nc(-c2ccccc2)nc(N)c1-c1ccccc1. The quantitative estimate of drug-likeness (QED) is 0.765. The lowest BCUT2D eigenvalue weighted by atomic mass is 10.0. The lowest BCUT2D eigenvalue weighted by Crippen LogP contribution is -2.02. The monoisotopic (exact) mass is 261 g/mol. The molecule has 0 spiro atoms. The number of nitrogen functional groups attached to an aromatic ring is 1. The number of benzene rings is 2. The van der Waals surface area contributed by atoms with Crippen molar-refractivity contribution in [2.24, 2.45) is 0 Å². The molecule has 2 N–H and O–H groups in total. The highest BCUT2D eigenvalue weighted by molar-refractivity contribution is 5.77. The summed E-state index contributed by atoms with van der Waals surface area (Å²) in [4.78, 5) is 9.04. The molecule has 1 aromatic heterocycles. The lowest BCUT2D eigenvalue weighted by Gasteiger charge is -2.10. The summed E-state index contributed by atoms with van der Waals surface area (Å²) >= 11 is 0. The molecule has 0 radical (unpaired) electrons. The topological polar surface area (TPSA) is 51.8 Å². The van der Waals surface area contributed by atoms with Gasteiger partial charge in [-0.3, -0.25) is 0 Å². The van der Waals surface area contributed by atoms with Crippen molar-refractivity contribution in [3.05, 3.63) is 66.4 Å². The van der Waals surface area contributed by atoms with E-state index in [0.29, 0.717) is 11.6 Å². The molecule has 2 aromatic carbocycles. The van der Waals surface area contributed by atoms with Crippen LogP contribution in [0.15, 0.2) is 60.7 Å². The van der Waals surface area contributed by atoms with Crippen LogP contribution in [0.5, 0.6) is 0 Å². The molecule has 3 nitrogen and oxygen atoms in total. The highest BCUT2D eigenvalue weighted by Gasteiger charge is 2.11. The predicted molar refractivity (Wildman–Crippen MR) is 82.1 cm³/mol. The molecule has 0 amide bonds. The average Bonchev–Trinajstić information content (AvgIpc) is 2.48. The van der Waals surface area contributed by atoms with Gasteiger partial charge in [0.1, 0.15) is 5.82 Å². The Kier molecular flexibility index (Phi) is 3.17. The van der Waals surface area contributed by atoms with Gasteiger partial charge in [-0.15, -0.1) is 0 Å². The average molecular weight is 261 g/mol. The smallest absolute Gasteiger partial charge is 0.161 e. The molecular weight excluding hydrogens is 246 g/mol. The number of rotatable bonds is 2. The summed E-state index contributed by atoms with van der Waals surface area (Å²) in [5.74, 6) is 1.18. The predicted octanol–water partition coefficient (Wildman–Crippen LogP) is 3.70. The van der Waals surface area contributed by atoms with Gasteiger partial charge in [-0.05, 0) is 12.5 Å². The first-order valence-electron chi connectivity index (χ1n) is 6.50. The Balaban J connectivity index is 2.13. The van der Waals surface area contributed by atoms with Crippen LogP contribution in [0.2, 0.25) is 0 Å². The Morgan fingerprint density at radius 2 is 1.30 bits per heavy atom. The summed E-state index contributed by atoms with van der Waals surface area (Å²) in [6.45, 7) is 1.97. The van der Waals surface area contributed by atoms with E-state index >= 15 is 0 Å². The van der Waals surface area contributed by atoms with E-state index in [9.17, 15) is 0 Å². The molecule has 0 aliphatic carbocycles. The second kappa shape index (κ2) is 5.13. The zero-order chi connectivity index (χ0) is 13.9. The van der Waals surface area contributed by atoms with Crippen molar-refractivity contribution in [2.75, 3.05) is 5.73 Å². The molecule has 0 aliphatic rings. The molecular formula is C17H15N3. The summed E-state index contributed by atoms with van der Waals surface area (Å²) in [7, 11) is 0. The zero-order valence-electron chi connectivity index (χ0n) is 11.2. The Hall–Kier alpha value is -2.68. The van der Waals surface area contributed by atoms with E-state index in [0.717, 1.165) is 22.4 Å². The molecule has 0 fully saturated rings. The van der Waals surface area contributed by atoms with Gasteiger partial charge in [0.25, 0.3) is 0 Å². The third-order valence-electron chi connectivity index (χ3n) is 3.21. The van der Waals surface area contributed by atoms with E-state index < -0.39 is 0 Å². The van der Waals surface area contributed by atoms with Crippen LogP contribution in [0, 0.1) is 6.92 Å². The van der Waals surface area contributed by atoms with Crippen molar-refractivity contribution < 1.29 is 0 Å². The van der Waals surface area contributed by atoms with Crippen LogP contribution >= 0.6 is 0 Å². The van der Waals surface area contributed by atoms with Gasteiger partial charge in [-0.2, -0.15) is 0 Å². The molecule has 0 unspecified atom stereocenters. The van der Waals surface area contributed by atoms with Gasteiger partial charge in [0.05, 0.1) is 5.69 Å². The van der Waals surface area contributed by atoms with Gasteiger partial charge in [-0.25, -0.2) is 9.97 Å². The fourth-order valence-electron chi connectivity index (χ4n) is 2.27. The molecule has 0 aliphatic heterocycles. The summed E-state index contributed by atoms with van der Waals surface area (Å²) in [6, 6.07) is 19.9. The fourth-order valence-corrected chi connectivity index (χ4v) is 2.27. The van der Waals surface area contributed by atoms with Gasteiger partial charge < -0.3 is 5.73 Å². The van der Waals surface area contributed by atoms with Crippen LogP contribution in [-0.2, 0) is 0 Å². The molecule has 3 heteroatoms. The number of nitrogens with two attached hydrogens (primary N) is 1. The van der Waals surface area contributed by atoms with Crippen LogP contribution in [0.25, 0.3) is 22.5 Å². The van der Waals surface area contributed by atoms with Crippen molar-refractivity contribution in [3.8, 4) is 22.5 Å². The number of anilines is 1. The van der Waals surface area contributed by atoms with E-state index in [-0.39, 0.29) is 0 Å². The number of aryl methyl sites for hydroxylation is 1. The maximum atomic E-state index is 6.14. The fraction of sp³-hybridized carbons (Fsp3) is 0.0588. The summed E-state index contributed by atoms with van der Waals surface area (Å²) in [5, 5.41) is 0. The van der Waals surface area contributed by atoms with Crippen molar-refractivity contribution in [2.45, 2.75) is 6.92 Å². The third kappa shape index (κ3) is 2.26. The number of aromatic nitrogens is 2. The molecule has 98 valence electrons. The maximum Gasteiger partial charge on any atom is 0.161 e. The van der Waals surface area contributed by atoms with Gasteiger partial charge in [0.2, 0.25) is 0 Å². The number of nitrogens with zero attached hydrogens (tertiary/aromatic N) is 2. The Morgan fingerprint density at radius 3 is 1.85 bits per heavy atom. The van der Waals surface area contributed by atoms with Crippen LogP contribution in [0.1, 0.15) is 5.69 Å². The Bertz CT molecular complexity index is 699. The first-order valence-corrected chi connectivity index (χ1v) is 6.50. The van der Waals surface area contributed by atoms with Gasteiger partial charge in [-0.1, -0.05) is 60.7 Å². The minimum Gasteiger partial charge on any atom is -0.383 e. The van der Waals surface area contributed by atoms with Gasteiger partial charge in [0.15, 0.2) is 5.82 Å². The van der Waals surface area contributed by atoms with Gasteiger partial charge >= 0.3 is 0 Å². The minimum absolute atomic E-state index is 0.516. The van der Waals surface area contributed by atoms with Crippen molar-refractivity contribution in [1.82, 2.24) is 9.97 Å². The van der Waals surface area contributed by atoms with Crippen LogP contribution in [0.4, 0.5) is 5.82 Å². The maximum absolute atomic E-state index is 6.14. The molecule has 3 rings (SSSR count). The molecule has 0 atom stereocenters. The van der Waals surface area contributed by atoms with Crippen molar-refractivity contribution in [3.63, 3.8) is 0 Å². The summed E-state index contributed by atoms with van der Waals surface area (Å²) in [6.07, 6.45) is 0. The second-order valence-electron chi connectivity index (χ2n) is 4.62.